The van der Waals surface area contributed by atoms with Crippen molar-refractivity contribution in [2.24, 2.45) is 0 Å². The van der Waals surface area contributed by atoms with Gasteiger partial charge in [-0.05, 0) is 12.8 Å². The van der Waals surface area contributed by atoms with Crippen LogP contribution in [0.4, 0.5) is 0 Å². The Labute approximate surface area is 308 Å². The molecule has 0 spiro atoms. The second-order valence-electron chi connectivity index (χ2n) is 15.4. The van der Waals surface area contributed by atoms with Crippen LogP contribution < -0.4 is 4.89 Å². The molecule has 1 unspecified atom stereocenters. The van der Waals surface area contributed by atoms with E-state index in [4.69, 9.17) is 18.5 Å². The Bertz CT molecular complexity index is 835. The normalized spacial score (nSPS) is 13.6. The highest BCUT2D eigenvalue weighted by Gasteiger charge is 2.21. The number of unbranched alkanes of at least 4 members (excludes halogenated alkanes) is 24. The molecule has 0 rings (SSSR count). The molecule has 0 aliphatic heterocycles. The number of quaternary nitrogens is 1. The van der Waals surface area contributed by atoms with Crippen LogP contribution in [-0.2, 0) is 32.7 Å². The number of hydrogen-bond donors (Lipinski definition) is 0. The summed E-state index contributed by atoms with van der Waals surface area (Å²) in [6, 6.07) is 0. The molecule has 0 aromatic heterocycles. The highest BCUT2D eigenvalue weighted by atomic mass is 31.2. The van der Waals surface area contributed by atoms with Crippen molar-refractivity contribution in [3.63, 3.8) is 0 Å². The largest absolute Gasteiger partial charge is 0.756 e. The van der Waals surface area contributed by atoms with Gasteiger partial charge in [0.15, 0.2) is 6.10 Å². The van der Waals surface area contributed by atoms with Crippen LogP contribution in [-0.4, -0.2) is 70.0 Å². The van der Waals surface area contributed by atoms with E-state index in [1.165, 1.54) is 128 Å². The molecule has 0 bridgehead atoms. The summed E-state index contributed by atoms with van der Waals surface area (Å²) >= 11 is 0. The third kappa shape index (κ3) is 36.8. The average Bonchev–Trinajstić information content (AvgIpc) is 3.06. The van der Waals surface area contributed by atoms with Crippen molar-refractivity contribution in [2.45, 2.75) is 200 Å². The Morgan fingerprint density at radius 2 is 0.900 bits per heavy atom. The standard InChI is InChI=1S/C40H80NO8P/c1-6-8-10-12-14-16-18-20-21-23-25-27-29-31-33-40(43)49-38(37-48-50(44,45)47-35-34-41(3,4)5)36-46-39(42)32-30-28-26-24-22-19-17-15-13-11-9-7-2/h38H,6-37H2,1-5H3/t38-/m1/s1. The summed E-state index contributed by atoms with van der Waals surface area (Å²) in [7, 11) is 1.18. The zero-order valence-electron chi connectivity index (χ0n) is 33.4. The summed E-state index contributed by atoms with van der Waals surface area (Å²) in [5.74, 6) is -0.823. The highest BCUT2D eigenvalue weighted by molar-refractivity contribution is 7.45. The van der Waals surface area contributed by atoms with Gasteiger partial charge in [-0.15, -0.1) is 0 Å². The number of carbonyl (C=O) groups excluding carboxylic acids is 2. The predicted molar refractivity (Wildman–Crippen MR) is 204 cm³/mol. The summed E-state index contributed by atoms with van der Waals surface area (Å²) in [6.07, 6.45) is 31.2. The summed E-state index contributed by atoms with van der Waals surface area (Å²) in [5, 5.41) is 0. The topological polar surface area (TPSA) is 111 Å². The van der Waals surface area contributed by atoms with E-state index in [0.29, 0.717) is 17.4 Å². The summed E-state index contributed by atoms with van der Waals surface area (Å²) < 4.78 is 33.8. The molecule has 0 aliphatic carbocycles. The summed E-state index contributed by atoms with van der Waals surface area (Å²) in [5.41, 5.74) is 0. The van der Waals surface area contributed by atoms with Gasteiger partial charge >= 0.3 is 11.9 Å². The molecule has 0 saturated carbocycles. The molecule has 0 heterocycles. The Kier molecular flexibility index (Phi) is 33.2. The fraction of sp³-hybridized carbons (Fsp3) is 0.950. The van der Waals surface area contributed by atoms with Crippen LogP contribution in [0, 0.1) is 0 Å². The van der Waals surface area contributed by atoms with Crippen LogP contribution in [0.5, 0.6) is 0 Å². The lowest BCUT2D eigenvalue weighted by Gasteiger charge is -2.28. The van der Waals surface area contributed by atoms with Gasteiger partial charge < -0.3 is 27.9 Å². The molecular formula is C40H80NO8P. The Hall–Kier alpha value is -0.990. The first-order valence-corrected chi connectivity index (χ1v) is 22.2. The molecule has 2 atom stereocenters. The maximum atomic E-state index is 12.6. The number of phosphoric ester groups is 1. The Morgan fingerprint density at radius 3 is 1.28 bits per heavy atom. The first-order valence-electron chi connectivity index (χ1n) is 20.7. The quantitative estimate of drug-likeness (QED) is 0.0267. The number of phosphoric acid groups is 1. The van der Waals surface area contributed by atoms with Gasteiger partial charge in [-0.3, -0.25) is 14.2 Å². The third-order valence-electron chi connectivity index (χ3n) is 9.13. The van der Waals surface area contributed by atoms with Gasteiger partial charge in [0, 0.05) is 12.8 Å². The number of hydrogen-bond acceptors (Lipinski definition) is 8. The number of nitrogens with zero attached hydrogens (tertiary/aromatic N) is 1. The van der Waals surface area contributed by atoms with Crippen molar-refractivity contribution in [3.8, 4) is 0 Å². The van der Waals surface area contributed by atoms with E-state index in [9.17, 15) is 19.0 Å². The lowest BCUT2D eigenvalue weighted by Crippen LogP contribution is -2.37. The van der Waals surface area contributed by atoms with E-state index < -0.39 is 26.5 Å². The molecule has 0 amide bonds. The van der Waals surface area contributed by atoms with E-state index in [1.54, 1.807) is 0 Å². The molecule has 0 saturated heterocycles. The molecular weight excluding hydrogens is 653 g/mol. The minimum absolute atomic E-state index is 0.0259. The Morgan fingerprint density at radius 1 is 0.540 bits per heavy atom. The lowest BCUT2D eigenvalue weighted by atomic mass is 10.0. The van der Waals surface area contributed by atoms with Crippen LogP contribution in [0.25, 0.3) is 0 Å². The van der Waals surface area contributed by atoms with E-state index in [0.717, 1.165) is 32.1 Å². The molecule has 0 radical (unpaired) electrons. The van der Waals surface area contributed by atoms with Crippen molar-refractivity contribution >= 4 is 19.8 Å². The lowest BCUT2D eigenvalue weighted by molar-refractivity contribution is -0.870. The predicted octanol–water partition coefficient (Wildman–Crippen LogP) is 10.6. The average molecular weight is 734 g/mol. The monoisotopic (exact) mass is 734 g/mol. The van der Waals surface area contributed by atoms with E-state index >= 15 is 0 Å². The first-order chi connectivity index (χ1) is 24.0. The van der Waals surface area contributed by atoms with Gasteiger partial charge in [0.2, 0.25) is 0 Å². The van der Waals surface area contributed by atoms with E-state index in [1.807, 2.05) is 21.1 Å². The summed E-state index contributed by atoms with van der Waals surface area (Å²) in [6.45, 7) is 4.24. The number of carbonyl (C=O) groups is 2. The zero-order valence-corrected chi connectivity index (χ0v) is 34.3. The van der Waals surface area contributed by atoms with Gasteiger partial charge in [0.05, 0.1) is 27.7 Å². The molecule has 0 aliphatic rings. The second-order valence-corrected chi connectivity index (χ2v) is 16.8. The fourth-order valence-corrected chi connectivity index (χ4v) is 6.56. The maximum Gasteiger partial charge on any atom is 0.306 e. The van der Waals surface area contributed by atoms with Crippen LogP contribution >= 0.6 is 7.82 Å². The van der Waals surface area contributed by atoms with Crippen LogP contribution in [0.2, 0.25) is 0 Å². The maximum absolute atomic E-state index is 12.6. The van der Waals surface area contributed by atoms with Gasteiger partial charge in [-0.25, -0.2) is 0 Å². The fourth-order valence-electron chi connectivity index (χ4n) is 5.83. The van der Waals surface area contributed by atoms with Gasteiger partial charge in [0.25, 0.3) is 7.82 Å². The summed E-state index contributed by atoms with van der Waals surface area (Å²) in [4.78, 5) is 37.4. The van der Waals surface area contributed by atoms with Gasteiger partial charge in [-0.1, -0.05) is 168 Å². The van der Waals surface area contributed by atoms with E-state index in [-0.39, 0.29) is 32.0 Å². The Balaban J connectivity index is 4.36. The zero-order chi connectivity index (χ0) is 37.2. The van der Waals surface area contributed by atoms with Crippen molar-refractivity contribution in [1.29, 1.82) is 0 Å². The van der Waals surface area contributed by atoms with Crippen molar-refractivity contribution in [2.75, 3.05) is 47.5 Å². The number of ether oxygens (including phenoxy) is 2. The number of rotatable bonds is 38. The van der Waals surface area contributed by atoms with Crippen molar-refractivity contribution in [1.82, 2.24) is 0 Å². The molecule has 0 N–H and O–H groups in total. The SMILES string of the molecule is CCCCCCCCCCCCCCCCC(=O)O[C@H](COC(=O)CCCCCCCCCCCCCC)COP(=O)([O-])OCC[N+](C)(C)C. The smallest absolute Gasteiger partial charge is 0.306 e. The molecule has 10 heteroatoms. The van der Waals surface area contributed by atoms with Crippen molar-refractivity contribution in [3.05, 3.63) is 0 Å². The number of likely N-dealkylation sites (N-methyl/N-ethyl adjacent to an activating group) is 1. The molecule has 0 aromatic rings. The first kappa shape index (κ1) is 49.0. The van der Waals surface area contributed by atoms with Gasteiger partial charge in [-0.2, -0.15) is 0 Å². The van der Waals surface area contributed by atoms with Crippen LogP contribution in [0.15, 0.2) is 0 Å². The van der Waals surface area contributed by atoms with E-state index in [2.05, 4.69) is 13.8 Å². The molecule has 0 fully saturated rings. The third-order valence-corrected chi connectivity index (χ3v) is 10.1. The number of esters is 2. The second kappa shape index (κ2) is 33.8. The minimum Gasteiger partial charge on any atom is -0.756 e. The van der Waals surface area contributed by atoms with Crippen LogP contribution in [0.3, 0.4) is 0 Å². The molecule has 50 heavy (non-hydrogen) atoms. The molecule has 0 aromatic carbocycles. The van der Waals surface area contributed by atoms with Gasteiger partial charge in [0.1, 0.15) is 19.8 Å². The van der Waals surface area contributed by atoms with Crippen molar-refractivity contribution < 1.29 is 42.1 Å². The molecule has 9 nitrogen and oxygen atoms in total. The molecule has 298 valence electrons. The minimum atomic E-state index is -4.61. The van der Waals surface area contributed by atoms with Crippen LogP contribution in [0.1, 0.15) is 194 Å². The highest BCUT2D eigenvalue weighted by Crippen LogP contribution is 2.38.